The Morgan fingerprint density at radius 2 is 1.75 bits per heavy atom. The van der Waals surface area contributed by atoms with Crippen LogP contribution in [0.25, 0.3) is 0 Å². The molecule has 0 bridgehead atoms. The van der Waals surface area contributed by atoms with Crippen LogP contribution in [-0.2, 0) is 21.4 Å². The fourth-order valence-electron chi connectivity index (χ4n) is 4.24. The zero-order chi connectivity index (χ0) is 22.6. The predicted molar refractivity (Wildman–Crippen MR) is 126 cm³/mol. The van der Waals surface area contributed by atoms with Crippen LogP contribution in [0.4, 0.5) is 0 Å². The Kier molecular flexibility index (Phi) is 7.65. The number of hydrogen-bond acceptors (Lipinski definition) is 6. The normalized spacial score (nSPS) is 18.9. The van der Waals surface area contributed by atoms with Crippen LogP contribution in [0.2, 0.25) is 0 Å². The van der Waals surface area contributed by atoms with Crippen molar-refractivity contribution in [3.05, 3.63) is 39.4 Å². The number of thiophene rings is 2. The molecule has 0 atom stereocenters. The molecular weight excluding hydrogens is 466 g/mol. The molecule has 2 aliphatic rings. The van der Waals surface area contributed by atoms with Crippen molar-refractivity contribution in [1.82, 2.24) is 14.5 Å². The second kappa shape index (κ2) is 10.5. The second-order valence-corrected chi connectivity index (χ2v) is 12.4. The fraction of sp³-hybridized carbons (Fsp3) is 0.545. The number of nitrogens with one attached hydrogen (secondary N) is 1. The fourth-order valence-corrected chi connectivity index (χ4v) is 7.66. The molecule has 2 aliphatic heterocycles. The quantitative estimate of drug-likeness (QED) is 0.664. The molecule has 0 spiro atoms. The van der Waals surface area contributed by atoms with E-state index in [-0.39, 0.29) is 21.9 Å². The monoisotopic (exact) mass is 495 g/mol. The molecule has 7 nitrogen and oxygen atoms in total. The third-order valence-corrected chi connectivity index (χ3v) is 10.3. The summed E-state index contributed by atoms with van der Waals surface area (Å²) >= 11 is 2.70. The van der Waals surface area contributed by atoms with Crippen molar-refractivity contribution in [1.29, 1.82) is 0 Å². The lowest BCUT2D eigenvalue weighted by atomic mass is 9.97. The third kappa shape index (κ3) is 5.41. The van der Waals surface area contributed by atoms with E-state index in [2.05, 4.69) is 5.32 Å². The first kappa shape index (κ1) is 23.4. The molecule has 10 heteroatoms. The number of piperidine rings is 1. The molecule has 1 N–H and O–H groups in total. The van der Waals surface area contributed by atoms with Crippen LogP contribution in [0.1, 0.15) is 53.8 Å². The van der Waals surface area contributed by atoms with Crippen molar-refractivity contribution in [3.8, 4) is 0 Å². The van der Waals surface area contributed by atoms with Gasteiger partial charge in [-0.25, -0.2) is 8.42 Å². The molecule has 4 heterocycles. The van der Waals surface area contributed by atoms with Crippen molar-refractivity contribution >= 4 is 44.5 Å². The van der Waals surface area contributed by atoms with Gasteiger partial charge in [0.05, 0.1) is 12.1 Å². The zero-order valence-corrected chi connectivity index (χ0v) is 20.4. The molecule has 0 aromatic carbocycles. The first-order valence-corrected chi connectivity index (χ1v) is 14.3. The highest BCUT2D eigenvalue weighted by molar-refractivity contribution is 7.91. The maximum Gasteiger partial charge on any atom is 0.254 e. The van der Waals surface area contributed by atoms with E-state index in [4.69, 9.17) is 0 Å². The van der Waals surface area contributed by atoms with Gasteiger partial charge in [-0.15, -0.1) is 22.7 Å². The third-order valence-electron chi connectivity index (χ3n) is 6.15. The lowest BCUT2D eigenvalue weighted by Crippen LogP contribution is -2.42. The lowest BCUT2D eigenvalue weighted by molar-refractivity contribution is -0.126. The van der Waals surface area contributed by atoms with Gasteiger partial charge in [-0.1, -0.05) is 18.9 Å². The van der Waals surface area contributed by atoms with Crippen molar-refractivity contribution in [2.24, 2.45) is 5.92 Å². The van der Waals surface area contributed by atoms with Crippen molar-refractivity contribution < 1.29 is 18.0 Å². The highest BCUT2D eigenvalue weighted by Crippen LogP contribution is 2.29. The molecule has 32 heavy (non-hydrogen) atoms. The Morgan fingerprint density at radius 1 is 1.03 bits per heavy atom. The molecule has 2 saturated heterocycles. The van der Waals surface area contributed by atoms with Crippen LogP contribution in [-0.4, -0.2) is 55.6 Å². The van der Waals surface area contributed by atoms with E-state index in [0.29, 0.717) is 38.0 Å². The number of likely N-dealkylation sites (tertiary alicyclic amines) is 1. The minimum absolute atomic E-state index is 0.0168. The number of carbonyl (C=O) groups excluding carboxylic acids is 2. The summed E-state index contributed by atoms with van der Waals surface area (Å²) in [4.78, 5) is 28.2. The largest absolute Gasteiger partial charge is 0.351 e. The molecule has 2 amide bonds. The Hall–Kier alpha value is -1.75. The van der Waals surface area contributed by atoms with E-state index < -0.39 is 10.0 Å². The summed E-state index contributed by atoms with van der Waals surface area (Å²) in [5.74, 6) is -0.271. The lowest BCUT2D eigenvalue weighted by Gasteiger charge is -2.30. The van der Waals surface area contributed by atoms with Crippen molar-refractivity contribution in [2.45, 2.75) is 49.3 Å². The van der Waals surface area contributed by atoms with Crippen LogP contribution >= 0.6 is 22.7 Å². The highest BCUT2D eigenvalue weighted by atomic mass is 32.2. The van der Waals surface area contributed by atoms with Gasteiger partial charge < -0.3 is 10.2 Å². The van der Waals surface area contributed by atoms with Gasteiger partial charge in [0, 0.05) is 42.4 Å². The molecule has 0 saturated carbocycles. The molecule has 2 aromatic rings. The molecule has 0 radical (unpaired) electrons. The van der Waals surface area contributed by atoms with E-state index in [9.17, 15) is 18.0 Å². The van der Waals surface area contributed by atoms with Crippen molar-refractivity contribution in [2.75, 3.05) is 26.2 Å². The van der Waals surface area contributed by atoms with Crippen LogP contribution in [0.3, 0.4) is 0 Å². The molecule has 2 fully saturated rings. The van der Waals surface area contributed by atoms with Crippen LogP contribution in [0.5, 0.6) is 0 Å². The van der Waals surface area contributed by atoms with Crippen LogP contribution in [0.15, 0.2) is 33.2 Å². The second-order valence-electron chi connectivity index (χ2n) is 8.34. The molecule has 0 aliphatic carbocycles. The predicted octanol–water partition coefficient (Wildman–Crippen LogP) is 3.54. The highest BCUT2D eigenvalue weighted by Gasteiger charge is 2.33. The van der Waals surface area contributed by atoms with Gasteiger partial charge in [0.15, 0.2) is 0 Å². The van der Waals surface area contributed by atoms with Crippen LogP contribution in [0, 0.1) is 5.92 Å². The Bertz CT molecular complexity index is 1020. The topological polar surface area (TPSA) is 86.8 Å². The summed E-state index contributed by atoms with van der Waals surface area (Å²) in [6.07, 6.45) is 5.26. The minimum Gasteiger partial charge on any atom is -0.351 e. The number of hydrogen-bond donors (Lipinski definition) is 1. The number of carbonyl (C=O) groups is 2. The van der Waals surface area contributed by atoms with Crippen LogP contribution < -0.4 is 5.32 Å². The molecule has 2 aromatic heterocycles. The molecule has 174 valence electrons. The average Bonchev–Trinajstić information content (AvgIpc) is 3.44. The summed E-state index contributed by atoms with van der Waals surface area (Å²) < 4.78 is 27.9. The van der Waals surface area contributed by atoms with Crippen molar-refractivity contribution in [3.63, 3.8) is 0 Å². The van der Waals surface area contributed by atoms with Gasteiger partial charge in [-0.2, -0.15) is 4.31 Å². The Labute approximate surface area is 197 Å². The summed E-state index contributed by atoms with van der Waals surface area (Å²) in [5, 5.41) is 6.59. The van der Waals surface area contributed by atoms with Gasteiger partial charge in [0.1, 0.15) is 4.21 Å². The van der Waals surface area contributed by atoms with Gasteiger partial charge in [-0.3, -0.25) is 9.59 Å². The summed E-state index contributed by atoms with van der Waals surface area (Å²) in [6.45, 7) is 2.61. The summed E-state index contributed by atoms with van der Waals surface area (Å²) in [6, 6.07) is 5.45. The number of nitrogens with zero attached hydrogens (tertiary/aromatic N) is 2. The van der Waals surface area contributed by atoms with Gasteiger partial charge in [0.2, 0.25) is 5.91 Å². The first-order valence-electron chi connectivity index (χ1n) is 11.1. The SMILES string of the molecule is O=C(NCc1cccs1)C1CCN(S(=O)(=O)c2cc(C(=O)N3CCCCCC3)cs2)CC1. The van der Waals surface area contributed by atoms with Gasteiger partial charge in [-0.05, 0) is 43.2 Å². The maximum absolute atomic E-state index is 13.1. The Morgan fingerprint density at radius 3 is 2.41 bits per heavy atom. The zero-order valence-electron chi connectivity index (χ0n) is 18.0. The minimum atomic E-state index is -3.66. The Balaban J connectivity index is 1.33. The van der Waals surface area contributed by atoms with E-state index >= 15 is 0 Å². The molecular formula is C22H29N3O4S3. The smallest absolute Gasteiger partial charge is 0.254 e. The number of amides is 2. The molecule has 0 unspecified atom stereocenters. The first-order chi connectivity index (χ1) is 15.4. The van der Waals surface area contributed by atoms with Gasteiger partial charge >= 0.3 is 0 Å². The average molecular weight is 496 g/mol. The van der Waals surface area contributed by atoms with E-state index in [1.165, 1.54) is 10.4 Å². The van der Waals surface area contributed by atoms with E-state index in [1.807, 2.05) is 22.4 Å². The van der Waals surface area contributed by atoms with E-state index in [0.717, 1.165) is 55.0 Å². The number of sulfonamides is 1. The molecule has 4 rings (SSSR count). The summed E-state index contributed by atoms with van der Waals surface area (Å²) in [5.41, 5.74) is 0.457. The maximum atomic E-state index is 13.1. The number of rotatable bonds is 6. The summed E-state index contributed by atoms with van der Waals surface area (Å²) in [7, 11) is -3.66. The standard InChI is InChI=1S/C22H29N3O4S3/c26-21(23-15-19-6-5-13-30-19)17-7-11-25(12-8-17)32(28,29)20-14-18(16-31-20)22(27)24-9-3-1-2-4-10-24/h5-6,13-14,16-17H,1-4,7-12,15H2,(H,23,26). The van der Waals surface area contributed by atoms with Gasteiger partial charge in [0.25, 0.3) is 15.9 Å². The van der Waals surface area contributed by atoms with E-state index in [1.54, 1.807) is 16.7 Å².